The predicted octanol–water partition coefficient (Wildman–Crippen LogP) is 2.66. The van der Waals surface area contributed by atoms with Crippen LogP contribution in [0.3, 0.4) is 0 Å². The highest BCUT2D eigenvalue weighted by molar-refractivity contribution is 5.94. The summed E-state index contributed by atoms with van der Waals surface area (Å²) in [5.74, 6) is 0.588. The fourth-order valence-corrected chi connectivity index (χ4v) is 2.52. The molecule has 3 aromatic rings. The quantitative estimate of drug-likeness (QED) is 0.695. The first-order chi connectivity index (χ1) is 11.1. The van der Waals surface area contributed by atoms with Crippen molar-refractivity contribution in [3.8, 4) is 5.75 Å². The number of Topliss-reactive ketones (excluding diaryl/α,β-unsaturated/α-hetero) is 1. The third-order valence-electron chi connectivity index (χ3n) is 3.77. The normalized spacial score (nSPS) is 10.7. The van der Waals surface area contributed by atoms with Crippen LogP contribution in [0.4, 0.5) is 0 Å². The average Bonchev–Trinajstić information content (AvgIpc) is 2.57. The van der Waals surface area contributed by atoms with Crippen molar-refractivity contribution in [2.24, 2.45) is 0 Å². The van der Waals surface area contributed by atoms with Gasteiger partial charge in [0.15, 0.2) is 5.78 Å². The lowest BCUT2D eigenvalue weighted by Gasteiger charge is -2.11. The number of ketones is 1. The Morgan fingerprint density at radius 3 is 2.74 bits per heavy atom. The number of hydrogen-bond acceptors (Lipinski definition) is 4. The first-order valence-electron chi connectivity index (χ1n) is 7.23. The van der Waals surface area contributed by atoms with Crippen molar-refractivity contribution in [2.75, 3.05) is 7.11 Å². The topological polar surface area (TPSA) is 61.2 Å². The maximum atomic E-state index is 12.5. The van der Waals surface area contributed by atoms with Gasteiger partial charge in [0.2, 0.25) is 0 Å². The molecule has 0 aliphatic rings. The van der Waals surface area contributed by atoms with Crippen LogP contribution in [0.15, 0.2) is 53.5 Å². The number of carbonyl (C=O) groups is 1. The molecule has 0 bridgehead atoms. The van der Waals surface area contributed by atoms with E-state index in [-0.39, 0.29) is 17.9 Å². The SMILES string of the molecule is COc1ccc(C(C)=O)cc1Cn1ncc2ccccc2c1=O. The van der Waals surface area contributed by atoms with Crippen LogP contribution in [0, 0.1) is 0 Å². The Morgan fingerprint density at radius 1 is 1.22 bits per heavy atom. The Hall–Kier alpha value is -2.95. The lowest BCUT2D eigenvalue weighted by atomic mass is 10.1. The molecule has 0 radical (unpaired) electrons. The van der Waals surface area contributed by atoms with Crippen LogP contribution in [0.5, 0.6) is 5.75 Å². The van der Waals surface area contributed by atoms with Crippen LogP contribution in [0.25, 0.3) is 10.8 Å². The van der Waals surface area contributed by atoms with Crippen molar-refractivity contribution in [3.05, 3.63) is 70.1 Å². The van der Waals surface area contributed by atoms with Crippen molar-refractivity contribution < 1.29 is 9.53 Å². The van der Waals surface area contributed by atoms with E-state index in [4.69, 9.17) is 4.74 Å². The standard InChI is InChI=1S/C18H16N2O3/c1-12(21)13-7-8-17(23-2)15(9-13)11-20-18(22)16-6-4-3-5-14(16)10-19-20/h3-10H,11H2,1-2H3. The summed E-state index contributed by atoms with van der Waals surface area (Å²) in [4.78, 5) is 24.1. The zero-order chi connectivity index (χ0) is 16.4. The number of hydrogen-bond donors (Lipinski definition) is 0. The summed E-state index contributed by atoms with van der Waals surface area (Å²) in [6.45, 7) is 1.75. The number of nitrogens with zero attached hydrogens (tertiary/aromatic N) is 2. The van der Waals surface area contributed by atoms with E-state index in [0.29, 0.717) is 16.7 Å². The number of methoxy groups -OCH3 is 1. The van der Waals surface area contributed by atoms with Crippen molar-refractivity contribution in [1.29, 1.82) is 0 Å². The Balaban J connectivity index is 2.08. The molecule has 0 amide bonds. The predicted molar refractivity (Wildman–Crippen MR) is 88.1 cm³/mol. The van der Waals surface area contributed by atoms with Crippen molar-refractivity contribution in [1.82, 2.24) is 9.78 Å². The van der Waals surface area contributed by atoms with Crippen molar-refractivity contribution in [3.63, 3.8) is 0 Å². The first-order valence-corrected chi connectivity index (χ1v) is 7.23. The molecule has 116 valence electrons. The van der Waals surface area contributed by atoms with Crippen LogP contribution >= 0.6 is 0 Å². The third-order valence-corrected chi connectivity index (χ3v) is 3.77. The van der Waals surface area contributed by atoms with E-state index in [1.54, 1.807) is 37.6 Å². The molecular weight excluding hydrogens is 292 g/mol. The summed E-state index contributed by atoms with van der Waals surface area (Å²) in [6.07, 6.45) is 1.66. The minimum absolute atomic E-state index is 0.0345. The van der Waals surface area contributed by atoms with Gasteiger partial charge in [-0.1, -0.05) is 18.2 Å². The van der Waals surface area contributed by atoms with Crippen LogP contribution in [-0.2, 0) is 6.54 Å². The highest BCUT2D eigenvalue weighted by Gasteiger charge is 2.10. The number of fused-ring (bicyclic) bond motifs is 1. The molecule has 0 spiro atoms. The van der Waals surface area contributed by atoms with Crippen LogP contribution < -0.4 is 10.3 Å². The van der Waals surface area contributed by atoms with E-state index in [9.17, 15) is 9.59 Å². The zero-order valence-corrected chi connectivity index (χ0v) is 12.9. The van der Waals surface area contributed by atoms with E-state index in [2.05, 4.69) is 5.10 Å². The van der Waals surface area contributed by atoms with Gasteiger partial charge in [0, 0.05) is 16.5 Å². The van der Waals surface area contributed by atoms with Gasteiger partial charge in [0.05, 0.1) is 25.2 Å². The van der Waals surface area contributed by atoms with Gasteiger partial charge in [-0.05, 0) is 31.2 Å². The minimum atomic E-state index is -0.168. The molecule has 3 rings (SSSR count). The maximum absolute atomic E-state index is 12.5. The fraction of sp³-hybridized carbons (Fsp3) is 0.167. The largest absolute Gasteiger partial charge is 0.496 e. The molecule has 0 aliphatic heterocycles. The smallest absolute Gasteiger partial charge is 0.274 e. The van der Waals surface area contributed by atoms with Crippen molar-refractivity contribution in [2.45, 2.75) is 13.5 Å². The Morgan fingerprint density at radius 2 is 2.00 bits per heavy atom. The Bertz CT molecular complexity index is 944. The van der Waals surface area contributed by atoms with Crippen molar-refractivity contribution >= 4 is 16.6 Å². The zero-order valence-electron chi connectivity index (χ0n) is 12.9. The summed E-state index contributed by atoms with van der Waals surface area (Å²) in [6, 6.07) is 12.5. The highest BCUT2D eigenvalue weighted by Crippen LogP contribution is 2.21. The summed E-state index contributed by atoms with van der Waals surface area (Å²) in [5, 5.41) is 5.63. The molecular formula is C18H16N2O3. The minimum Gasteiger partial charge on any atom is -0.496 e. The second kappa shape index (κ2) is 6.04. The highest BCUT2D eigenvalue weighted by atomic mass is 16.5. The van der Waals surface area contributed by atoms with E-state index in [0.717, 1.165) is 10.9 Å². The van der Waals surface area contributed by atoms with Gasteiger partial charge in [0.25, 0.3) is 5.56 Å². The van der Waals surface area contributed by atoms with Crippen LogP contribution in [0.1, 0.15) is 22.8 Å². The molecule has 0 atom stereocenters. The van der Waals surface area contributed by atoms with Gasteiger partial charge < -0.3 is 4.74 Å². The Labute approximate surface area is 133 Å². The van der Waals surface area contributed by atoms with E-state index in [1.165, 1.54) is 11.6 Å². The lowest BCUT2D eigenvalue weighted by molar-refractivity contribution is 0.101. The molecule has 0 N–H and O–H groups in total. The summed E-state index contributed by atoms with van der Waals surface area (Å²) in [5.41, 5.74) is 1.15. The molecule has 0 fully saturated rings. The van der Waals surface area contributed by atoms with Crippen LogP contribution in [-0.4, -0.2) is 22.7 Å². The van der Waals surface area contributed by atoms with E-state index >= 15 is 0 Å². The summed E-state index contributed by atoms with van der Waals surface area (Å²) in [7, 11) is 1.56. The number of ether oxygens (including phenoxy) is 1. The lowest BCUT2D eigenvalue weighted by Crippen LogP contribution is -2.23. The van der Waals surface area contributed by atoms with E-state index in [1.807, 2.05) is 18.2 Å². The van der Waals surface area contributed by atoms with Gasteiger partial charge in [0.1, 0.15) is 5.75 Å². The second-order valence-corrected chi connectivity index (χ2v) is 5.28. The van der Waals surface area contributed by atoms with E-state index < -0.39 is 0 Å². The molecule has 5 heteroatoms. The molecule has 1 heterocycles. The molecule has 5 nitrogen and oxygen atoms in total. The fourth-order valence-electron chi connectivity index (χ4n) is 2.52. The first kappa shape index (κ1) is 15.0. The van der Waals surface area contributed by atoms with Gasteiger partial charge >= 0.3 is 0 Å². The second-order valence-electron chi connectivity index (χ2n) is 5.28. The molecule has 0 unspecified atom stereocenters. The summed E-state index contributed by atoms with van der Waals surface area (Å²) < 4.78 is 6.70. The molecule has 0 saturated heterocycles. The molecule has 23 heavy (non-hydrogen) atoms. The molecule has 1 aromatic heterocycles. The number of carbonyl (C=O) groups excluding carboxylic acids is 1. The average molecular weight is 308 g/mol. The number of benzene rings is 2. The summed E-state index contributed by atoms with van der Waals surface area (Å²) >= 11 is 0. The molecule has 0 saturated carbocycles. The third kappa shape index (κ3) is 2.85. The Kier molecular flexibility index (Phi) is 3.93. The molecule has 0 aliphatic carbocycles. The van der Waals surface area contributed by atoms with Gasteiger partial charge in [-0.3, -0.25) is 9.59 Å². The van der Waals surface area contributed by atoms with Gasteiger partial charge in [-0.25, -0.2) is 4.68 Å². The maximum Gasteiger partial charge on any atom is 0.274 e. The van der Waals surface area contributed by atoms with Gasteiger partial charge in [-0.2, -0.15) is 5.10 Å². The number of rotatable bonds is 4. The van der Waals surface area contributed by atoms with Crippen LogP contribution in [0.2, 0.25) is 0 Å². The molecule has 2 aromatic carbocycles. The van der Waals surface area contributed by atoms with Gasteiger partial charge in [-0.15, -0.1) is 0 Å². The monoisotopic (exact) mass is 308 g/mol. The number of aromatic nitrogens is 2.